The summed E-state index contributed by atoms with van der Waals surface area (Å²) in [5, 5.41) is 10.1. The maximum Gasteiger partial charge on any atom is 0.337 e. The number of methoxy groups -OCH3 is 1. The van der Waals surface area contributed by atoms with Gasteiger partial charge in [0.15, 0.2) is 5.82 Å². The molecule has 0 aliphatic heterocycles. The molecule has 124 valence electrons. The van der Waals surface area contributed by atoms with Crippen LogP contribution < -0.4 is 11.1 Å². The molecule has 10 nitrogen and oxygen atoms in total. The molecule has 0 spiro atoms. The molecule has 0 saturated carbocycles. The molecule has 0 radical (unpaired) electrons. The van der Waals surface area contributed by atoms with Gasteiger partial charge in [0.1, 0.15) is 5.69 Å². The number of H-pyrrole nitrogens is 1. The van der Waals surface area contributed by atoms with Crippen LogP contribution in [0.4, 0.5) is 17.5 Å². The Labute approximate surface area is 136 Å². The SMILES string of the molecule is COC(=O)c1ccc(N=Nc2nc(NC(C)=O)c(C(N)=O)[nH]2)cc1. The molecule has 0 aliphatic rings. The largest absolute Gasteiger partial charge is 0.465 e. The van der Waals surface area contributed by atoms with E-state index in [4.69, 9.17) is 5.73 Å². The molecule has 24 heavy (non-hydrogen) atoms. The number of nitrogens with one attached hydrogen (secondary N) is 2. The highest BCUT2D eigenvalue weighted by molar-refractivity contribution is 6.00. The van der Waals surface area contributed by atoms with Crippen LogP contribution in [-0.4, -0.2) is 34.9 Å². The minimum absolute atomic E-state index is 0.00963. The standard InChI is InChI=1S/C14H14N6O4/c1-7(21)16-12-10(11(15)22)17-14(18-12)20-19-9-5-3-8(4-6-9)13(23)24-2/h3-6H,1-2H3,(H2,15,22)(H,16,21)(H,17,18). The van der Waals surface area contributed by atoms with Gasteiger partial charge in [0.2, 0.25) is 11.9 Å². The van der Waals surface area contributed by atoms with E-state index in [1.165, 1.54) is 26.2 Å². The summed E-state index contributed by atoms with van der Waals surface area (Å²) in [6.45, 7) is 1.27. The fourth-order valence-corrected chi connectivity index (χ4v) is 1.73. The van der Waals surface area contributed by atoms with E-state index in [9.17, 15) is 14.4 Å². The van der Waals surface area contributed by atoms with Gasteiger partial charge in [-0.05, 0) is 24.3 Å². The van der Waals surface area contributed by atoms with E-state index in [-0.39, 0.29) is 17.5 Å². The van der Waals surface area contributed by atoms with Crippen molar-refractivity contribution in [2.75, 3.05) is 12.4 Å². The van der Waals surface area contributed by atoms with Crippen molar-refractivity contribution in [2.45, 2.75) is 6.92 Å². The van der Waals surface area contributed by atoms with Crippen LogP contribution in [0.25, 0.3) is 0 Å². The summed E-state index contributed by atoms with van der Waals surface area (Å²) in [7, 11) is 1.29. The number of carbonyl (C=O) groups is 3. The summed E-state index contributed by atoms with van der Waals surface area (Å²) < 4.78 is 4.59. The molecule has 1 aromatic carbocycles. The molecule has 0 unspecified atom stereocenters. The molecule has 1 aromatic heterocycles. The van der Waals surface area contributed by atoms with E-state index in [1.54, 1.807) is 12.1 Å². The number of carbonyl (C=O) groups excluding carboxylic acids is 3. The third-order valence-corrected chi connectivity index (χ3v) is 2.78. The van der Waals surface area contributed by atoms with Crippen LogP contribution in [0.2, 0.25) is 0 Å². The van der Waals surface area contributed by atoms with Gasteiger partial charge in [-0.1, -0.05) is 0 Å². The van der Waals surface area contributed by atoms with Crippen molar-refractivity contribution in [3.05, 3.63) is 35.5 Å². The van der Waals surface area contributed by atoms with Crippen molar-refractivity contribution >= 4 is 35.2 Å². The molecule has 4 N–H and O–H groups in total. The quantitative estimate of drug-likeness (QED) is 0.562. The van der Waals surface area contributed by atoms with Gasteiger partial charge in [0, 0.05) is 6.92 Å². The molecule has 0 atom stereocenters. The zero-order valence-corrected chi connectivity index (χ0v) is 12.9. The molecule has 2 rings (SSSR count). The van der Waals surface area contributed by atoms with Crippen molar-refractivity contribution < 1.29 is 19.1 Å². The Morgan fingerprint density at radius 3 is 2.42 bits per heavy atom. The molecule has 0 saturated heterocycles. The van der Waals surface area contributed by atoms with Gasteiger partial charge in [-0.2, -0.15) is 4.98 Å². The second-order valence-corrected chi connectivity index (χ2v) is 4.57. The maximum absolute atomic E-state index is 11.3. The zero-order chi connectivity index (χ0) is 17.7. The summed E-state index contributed by atoms with van der Waals surface area (Å²) in [6.07, 6.45) is 0. The monoisotopic (exact) mass is 330 g/mol. The van der Waals surface area contributed by atoms with Crippen LogP contribution in [0.3, 0.4) is 0 Å². The van der Waals surface area contributed by atoms with Crippen LogP contribution in [0.15, 0.2) is 34.5 Å². The number of aromatic amines is 1. The van der Waals surface area contributed by atoms with Gasteiger partial charge < -0.3 is 20.8 Å². The molecule has 2 aromatic rings. The summed E-state index contributed by atoms with van der Waals surface area (Å²) in [5.74, 6) is -1.70. The number of anilines is 1. The number of ether oxygens (including phenoxy) is 1. The Hall–Kier alpha value is -3.56. The second kappa shape index (κ2) is 7.13. The number of aromatic nitrogens is 2. The molecule has 0 fully saturated rings. The highest BCUT2D eigenvalue weighted by atomic mass is 16.5. The number of nitrogens with zero attached hydrogens (tertiary/aromatic N) is 3. The molecule has 0 bridgehead atoms. The van der Waals surface area contributed by atoms with Crippen LogP contribution in [0.1, 0.15) is 27.8 Å². The van der Waals surface area contributed by atoms with Gasteiger partial charge in [-0.3, -0.25) is 9.59 Å². The number of amides is 2. The van der Waals surface area contributed by atoms with Gasteiger partial charge in [-0.15, -0.1) is 10.2 Å². The Morgan fingerprint density at radius 1 is 1.21 bits per heavy atom. The molecule has 1 heterocycles. The normalized spacial score (nSPS) is 10.6. The van der Waals surface area contributed by atoms with Crippen molar-refractivity contribution in [1.82, 2.24) is 9.97 Å². The second-order valence-electron chi connectivity index (χ2n) is 4.57. The van der Waals surface area contributed by atoms with Gasteiger partial charge in [-0.25, -0.2) is 4.79 Å². The van der Waals surface area contributed by atoms with Crippen LogP contribution in [0, 0.1) is 0 Å². The lowest BCUT2D eigenvalue weighted by Gasteiger charge is -1.98. The number of hydrogen-bond donors (Lipinski definition) is 3. The first-order valence-corrected chi connectivity index (χ1v) is 6.68. The number of imidazole rings is 1. The zero-order valence-electron chi connectivity index (χ0n) is 12.9. The summed E-state index contributed by atoms with van der Waals surface area (Å²) in [4.78, 5) is 40.2. The highest BCUT2D eigenvalue weighted by Gasteiger charge is 2.15. The first-order valence-electron chi connectivity index (χ1n) is 6.68. The van der Waals surface area contributed by atoms with Gasteiger partial charge in [0.25, 0.3) is 5.91 Å². The van der Waals surface area contributed by atoms with E-state index in [0.29, 0.717) is 11.3 Å². The molecule has 2 amide bonds. The third kappa shape index (κ3) is 4.00. The topological polar surface area (TPSA) is 152 Å². The minimum atomic E-state index is -0.796. The molecular formula is C14H14N6O4. The van der Waals surface area contributed by atoms with Crippen molar-refractivity contribution in [1.29, 1.82) is 0 Å². The van der Waals surface area contributed by atoms with E-state index in [0.717, 1.165) is 0 Å². The summed E-state index contributed by atoms with van der Waals surface area (Å²) >= 11 is 0. The van der Waals surface area contributed by atoms with E-state index in [2.05, 4.69) is 30.3 Å². The van der Waals surface area contributed by atoms with Gasteiger partial charge in [0.05, 0.1) is 18.4 Å². The number of benzene rings is 1. The Kier molecular flexibility index (Phi) is 5.00. The summed E-state index contributed by atoms with van der Waals surface area (Å²) in [6, 6.07) is 6.17. The Bertz CT molecular complexity index is 809. The number of primary amides is 1. The predicted molar refractivity (Wildman–Crippen MR) is 83.4 cm³/mol. The van der Waals surface area contributed by atoms with Crippen LogP contribution in [0.5, 0.6) is 0 Å². The van der Waals surface area contributed by atoms with E-state index in [1.807, 2.05) is 0 Å². The smallest absolute Gasteiger partial charge is 0.337 e. The van der Waals surface area contributed by atoms with Crippen LogP contribution in [-0.2, 0) is 9.53 Å². The average molecular weight is 330 g/mol. The van der Waals surface area contributed by atoms with Crippen molar-refractivity contribution in [3.63, 3.8) is 0 Å². The highest BCUT2D eigenvalue weighted by Crippen LogP contribution is 2.20. The predicted octanol–water partition coefficient (Wildman–Crippen LogP) is 1.67. The summed E-state index contributed by atoms with van der Waals surface area (Å²) in [5.41, 5.74) is 5.93. The number of rotatable bonds is 5. The third-order valence-electron chi connectivity index (χ3n) is 2.78. The molecular weight excluding hydrogens is 316 g/mol. The number of nitrogens with two attached hydrogens (primary N) is 1. The lowest BCUT2D eigenvalue weighted by atomic mass is 10.2. The molecule has 0 aliphatic carbocycles. The Morgan fingerprint density at radius 2 is 1.88 bits per heavy atom. The van der Waals surface area contributed by atoms with E-state index >= 15 is 0 Å². The Balaban J connectivity index is 2.21. The van der Waals surface area contributed by atoms with Crippen molar-refractivity contribution in [3.8, 4) is 0 Å². The number of azo groups is 1. The van der Waals surface area contributed by atoms with Gasteiger partial charge >= 0.3 is 5.97 Å². The molecule has 10 heteroatoms. The fraction of sp³-hybridized carbons (Fsp3) is 0.143. The lowest BCUT2D eigenvalue weighted by Crippen LogP contribution is -2.16. The first kappa shape index (κ1) is 16.8. The number of hydrogen-bond acceptors (Lipinski definition) is 7. The van der Waals surface area contributed by atoms with E-state index < -0.39 is 17.8 Å². The maximum atomic E-state index is 11.3. The first-order chi connectivity index (χ1) is 11.4. The number of esters is 1. The fourth-order valence-electron chi connectivity index (χ4n) is 1.73. The lowest BCUT2D eigenvalue weighted by molar-refractivity contribution is -0.114. The average Bonchev–Trinajstić information content (AvgIpc) is 2.95. The van der Waals surface area contributed by atoms with Crippen LogP contribution >= 0.6 is 0 Å². The van der Waals surface area contributed by atoms with Crippen molar-refractivity contribution in [2.24, 2.45) is 16.0 Å². The minimum Gasteiger partial charge on any atom is -0.465 e.